The molecule has 0 aliphatic carbocycles. The topological polar surface area (TPSA) is 93.7 Å². The Balaban J connectivity index is 2.29. The fraction of sp³-hybridized carbons (Fsp3) is 0.211. The summed E-state index contributed by atoms with van der Waals surface area (Å²) in [6, 6.07) is 11.8. The predicted molar refractivity (Wildman–Crippen MR) is 97.9 cm³/mol. The van der Waals surface area contributed by atoms with Crippen LogP contribution in [0, 0.1) is 0 Å². The minimum absolute atomic E-state index is 0.238. The van der Waals surface area contributed by atoms with E-state index < -0.39 is 5.91 Å². The van der Waals surface area contributed by atoms with Gasteiger partial charge in [-0.25, -0.2) is 0 Å². The molecule has 0 aromatic heterocycles. The molecule has 0 spiro atoms. The van der Waals surface area contributed by atoms with Crippen molar-refractivity contribution in [2.75, 3.05) is 24.9 Å². The number of rotatable bonds is 7. The molecule has 2 aromatic carbocycles. The minimum atomic E-state index is -0.459. The van der Waals surface area contributed by atoms with Crippen LogP contribution in [0.1, 0.15) is 23.7 Å². The lowest BCUT2D eigenvalue weighted by Gasteiger charge is -2.16. The van der Waals surface area contributed by atoms with Crippen LogP contribution in [-0.2, 0) is 9.59 Å². The number of nitrogens with one attached hydrogen (secondary N) is 2. The minimum Gasteiger partial charge on any atom is -0.494 e. The molecule has 0 saturated carbocycles. The molecule has 0 radical (unpaired) electrons. The van der Waals surface area contributed by atoms with E-state index in [4.69, 9.17) is 9.47 Å². The van der Waals surface area contributed by atoms with Crippen molar-refractivity contribution in [2.24, 2.45) is 0 Å². The molecule has 0 unspecified atom stereocenters. The Bertz CT molecular complexity index is 818. The van der Waals surface area contributed by atoms with Crippen molar-refractivity contribution in [3.05, 3.63) is 48.0 Å². The second kappa shape index (κ2) is 8.66. The molecule has 2 rings (SSSR count). The smallest absolute Gasteiger partial charge is 0.255 e. The van der Waals surface area contributed by atoms with Crippen LogP contribution in [0.2, 0.25) is 0 Å². The zero-order valence-electron chi connectivity index (χ0n) is 14.8. The van der Waals surface area contributed by atoms with Gasteiger partial charge in [0.1, 0.15) is 17.3 Å². The number of hydrogen-bond acceptors (Lipinski definition) is 5. The summed E-state index contributed by atoms with van der Waals surface area (Å²) < 4.78 is 10.6. The van der Waals surface area contributed by atoms with Crippen molar-refractivity contribution in [2.45, 2.75) is 13.3 Å². The van der Waals surface area contributed by atoms with Crippen molar-refractivity contribution in [3.63, 3.8) is 0 Å². The zero-order chi connectivity index (χ0) is 19.1. The molecule has 2 aromatic rings. The van der Waals surface area contributed by atoms with Crippen LogP contribution in [0.5, 0.6) is 11.5 Å². The summed E-state index contributed by atoms with van der Waals surface area (Å²) >= 11 is 0. The first kappa shape index (κ1) is 19.0. The molecule has 7 nitrogen and oxygen atoms in total. The Labute approximate surface area is 151 Å². The Kier molecular flexibility index (Phi) is 6.32. The summed E-state index contributed by atoms with van der Waals surface area (Å²) in [6.45, 7) is 1.33. The number of ether oxygens (including phenoxy) is 2. The molecular formula is C19H20N2O5. The maximum Gasteiger partial charge on any atom is 0.255 e. The van der Waals surface area contributed by atoms with E-state index in [9.17, 15) is 14.4 Å². The summed E-state index contributed by atoms with van der Waals surface area (Å²) in [5.41, 5.74) is 1.23. The van der Waals surface area contributed by atoms with E-state index in [0.29, 0.717) is 28.4 Å². The summed E-state index contributed by atoms with van der Waals surface area (Å²) in [6.07, 6.45) is -0.238. The number of benzene rings is 2. The highest BCUT2D eigenvalue weighted by Crippen LogP contribution is 2.36. The van der Waals surface area contributed by atoms with Crippen LogP contribution in [0.25, 0.3) is 0 Å². The molecule has 2 N–H and O–H groups in total. The predicted octanol–water partition coefficient (Wildman–Crippen LogP) is 2.87. The van der Waals surface area contributed by atoms with Gasteiger partial charge in [0, 0.05) is 17.7 Å². The van der Waals surface area contributed by atoms with Gasteiger partial charge >= 0.3 is 0 Å². The number of carbonyl (C=O) groups is 3. The van der Waals surface area contributed by atoms with E-state index in [-0.39, 0.29) is 18.1 Å². The fourth-order valence-corrected chi connectivity index (χ4v) is 2.30. The van der Waals surface area contributed by atoms with Gasteiger partial charge in [-0.3, -0.25) is 14.4 Å². The van der Waals surface area contributed by atoms with Crippen LogP contribution in [0.3, 0.4) is 0 Å². The first-order chi connectivity index (χ1) is 12.4. The van der Waals surface area contributed by atoms with Gasteiger partial charge in [0.25, 0.3) is 5.91 Å². The average molecular weight is 356 g/mol. The number of ketones is 1. The fourth-order valence-electron chi connectivity index (χ4n) is 2.30. The Morgan fingerprint density at radius 3 is 1.92 bits per heavy atom. The normalized spacial score (nSPS) is 9.96. The largest absolute Gasteiger partial charge is 0.494 e. The van der Waals surface area contributed by atoms with Crippen LogP contribution < -0.4 is 20.1 Å². The third-order valence-electron chi connectivity index (χ3n) is 3.49. The van der Waals surface area contributed by atoms with E-state index >= 15 is 0 Å². The molecule has 0 aliphatic rings. The number of amides is 2. The maximum atomic E-state index is 12.4. The Morgan fingerprint density at radius 2 is 1.42 bits per heavy atom. The van der Waals surface area contributed by atoms with E-state index in [1.54, 1.807) is 30.3 Å². The first-order valence-corrected chi connectivity index (χ1v) is 7.86. The highest BCUT2D eigenvalue weighted by Gasteiger charge is 2.16. The van der Waals surface area contributed by atoms with Crippen molar-refractivity contribution in [1.29, 1.82) is 0 Å². The van der Waals surface area contributed by atoms with Crippen LogP contribution in [0.15, 0.2) is 42.5 Å². The average Bonchev–Trinajstić information content (AvgIpc) is 2.62. The van der Waals surface area contributed by atoms with Crippen LogP contribution in [0.4, 0.5) is 11.4 Å². The quantitative estimate of drug-likeness (QED) is 0.744. The van der Waals surface area contributed by atoms with Gasteiger partial charge in [0.2, 0.25) is 5.91 Å². The SMILES string of the molecule is COc1cc(NC(=O)c2ccccc2)c(OC)cc1NC(=O)CC(C)=O. The third-order valence-corrected chi connectivity index (χ3v) is 3.49. The summed E-state index contributed by atoms with van der Waals surface area (Å²) in [5, 5.41) is 5.36. The molecule has 0 fully saturated rings. The van der Waals surface area contributed by atoms with Crippen LogP contribution >= 0.6 is 0 Å². The Morgan fingerprint density at radius 1 is 0.885 bits per heavy atom. The van der Waals surface area contributed by atoms with E-state index in [2.05, 4.69) is 10.6 Å². The molecule has 2 amide bonds. The van der Waals surface area contributed by atoms with Gasteiger partial charge < -0.3 is 20.1 Å². The lowest BCUT2D eigenvalue weighted by molar-refractivity contribution is -0.124. The molecule has 0 aliphatic heterocycles. The molecule has 136 valence electrons. The molecule has 26 heavy (non-hydrogen) atoms. The molecule has 0 saturated heterocycles. The van der Waals surface area contributed by atoms with E-state index in [0.717, 1.165) is 0 Å². The number of Topliss-reactive ketones (excluding diaryl/α,β-unsaturated/α-hetero) is 1. The first-order valence-electron chi connectivity index (χ1n) is 7.86. The molecule has 0 heterocycles. The van der Waals surface area contributed by atoms with E-state index in [1.165, 1.54) is 27.2 Å². The van der Waals surface area contributed by atoms with Crippen molar-refractivity contribution < 1.29 is 23.9 Å². The van der Waals surface area contributed by atoms with Gasteiger partial charge in [0.05, 0.1) is 32.0 Å². The van der Waals surface area contributed by atoms with Crippen molar-refractivity contribution in [1.82, 2.24) is 0 Å². The van der Waals surface area contributed by atoms with Crippen molar-refractivity contribution >= 4 is 29.0 Å². The summed E-state index contributed by atoms with van der Waals surface area (Å²) in [7, 11) is 2.88. The number of hydrogen-bond donors (Lipinski definition) is 2. The van der Waals surface area contributed by atoms with Gasteiger partial charge in [-0.1, -0.05) is 18.2 Å². The monoisotopic (exact) mass is 356 g/mol. The lowest BCUT2D eigenvalue weighted by atomic mass is 10.2. The second-order valence-corrected chi connectivity index (χ2v) is 5.50. The number of anilines is 2. The van der Waals surface area contributed by atoms with E-state index in [1.807, 2.05) is 6.07 Å². The highest BCUT2D eigenvalue weighted by molar-refractivity contribution is 6.06. The second-order valence-electron chi connectivity index (χ2n) is 5.50. The third kappa shape index (κ3) is 4.83. The standard InChI is InChI=1S/C19H20N2O5/c1-12(22)9-18(23)20-14-10-17(26-3)15(11-16(14)25-2)21-19(24)13-7-5-4-6-8-13/h4-8,10-11H,9H2,1-3H3,(H,20,23)(H,21,24). The number of methoxy groups -OCH3 is 2. The van der Waals surface area contributed by atoms with Crippen LogP contribution in [-0.4, -0.2) is 31.8 Å². The van der Waals surface area contributed by atoms with Gasteiger partial charge in [-0.15, -0.1) is 0 Å². The summed E-state index contributed by atoms with van der Waals surface area (Å²) in [4.78, 5) is 35.3. The molecule has 0 atom stereocenters. The molecule has 0 bridgehead atoms. The zero-order valence-corrected chi connectivity index (χ0v) is 14.8. The summed E-state index contributed by atoms with van der Waals surface area (Å²) in [5.74, 6) is -0.349. The number of carbonyl (C=O) groups excluding carboxylic acids is 3. The molecular weight excluding hydrogens is 336 g/mol. The Hall–Kier alpha value is -3.35. The lowest BCUT2D eigenvalue weighted by Crippen LogP contribution is -2.16. The van der Waals surface area contributed by atoms with Gasteiger partial charge in [-0.2, -0.15) is 0 Å². The highest BCUT2D eigenvalue weighted by atomic mass is 16.5. The molecule has 7 heteroatoms. The van der Waals surface area contributed by atoms with Gasteiger partial charge in [0.15, 0.2) is 0 Å². The maximum absolute atomic E-state index is 12.4. The van der Waals surface area contributed by atoms with Gasteiger partial charge in [-0.05, 0) is 19.1 Å². The van der Waals surface area contributed by atoms with Crippen molar-refractivity contribution in [3.8, 4) is 11.5 Å².